The first kappa shape index (κ1) is 56.2. The number of nitrogens with one attached hydrogen (secondary N) is 4. The number of β-amino-alcohol motifs (C(OH)–C–C–N with tert-alkyl or cyclic N) is 1. The summed E-state index contributed by atoms with van der Waals surface area (Å²) in [6.45, 7) is 12.5. The van der Waals surface area contributed by atoms with E-state index in [0.717, 1.165) is 21.7 Å². The molecule has 0 aliphatic carbocycles. The van der Waals surface area contributed by atoms with Crippen LogP contribution in [0.2, 0.25) is 0 Å². The summed E-state index contributed by atoms with van der Waals surface area (Å²) in [5.41, 5.74) is 1.52. The second kappa shape index (κ2) is 23.6. The van der Waals surface area contributed by atoms with Crippen LogP contribution in [0, 0.1) is 18.2 Å². The largest absolute Gasteiger partial charge is 0.417 e. The zero-order valence-corrected chi connectivity index (χ0v) is 43.9. The molecule has 2 aromatic carbocycles. The lowest BCUT2D eigenvalue weighted by molar-refractivity contribution is -0.144. The van der Waals surface area contributed by atoms with Crippen molar-refractivity contribution in [3.63, 3.8) is 0 Å². The molecule has 2 aromatic heterocycles. The number of likely N-dealkylation sites (N-methyl/N-ethyl adjacent to an activating group) is 1. The molecule has 0 bridgehead atoms. The van der Waals surface area contributed by atoms with Crippen LogP contribution in [-0.4, -0.2) is 143 Å². The number of H-pyrrole nitrogens is 1. The molecule has 0 radical (unpaired) electrons. The van der Waals surface area contributed by atoms with Crippen molar-refractivity contribution in [3.8, 4) is 10.4 Å². The van der Waals surface area contributed by atoms with Crippen LogP contribution in [0.4, 0.5) is 28.9 Å². The van der Waals surface area contributed by atoms with Gasteiger partial charge in [-0.15, -0.1) is 11.3 Å². The number of aliphatic hydroxyl groups excluding tert-OH is 1. The number of carbonyl (C=O) groups excluding carboxylic acids is 5. The SMILES string of the molecule is Cc1ncsc1-c1ccc(CNC(=O)[C@@H]2C[C@@H](O)CN2C(=O)C(NC(=O)CCOCCC(=O)N2CC=C(c3cc(NC(=O)c4c[nH]c(=O)cc4C(F)(F)F)c(N4C[C@@H](C)N(C)[C@@H](C)C4)cc3F)CC2)C(C)(C)C)cc1. The minimum atomic E-state index is -5.01. The first-order valence-electron chi connectivity index (χ1n) is 24.9. The third-order valence-electron chi connectivity index (χ3n) is 14.1. The Labute approximate surface area is 436 Å². The topological polar surface area (TPSA) is 210 Å². The van der Waals surface area contributed by atoms with Gasteiger partial charge in [0, 0.05) is 82.0 Å². The van der Waals surface area contributed by atoms with Crippen molar-refractivity contribution in [2.24, 2.45) is 5.41 Å². The summed E-state index contributed by atoms with van der Waals surface area (Å²) in [5, 5.41) is 18.9. The van der Waals surface area contributed by atoms with Gasteiger partial charge in [-0.25, -0.2) is 9.37 Å². The van der Waals surface area contributed by atoms with Gasteiger partial charge in [0.2, 0.25) is 29.2 Å². The monoisotopic (exact) mass is 1060 g/mol. The van der Waals surface area contributed by atoms with E-state index in [2.05, 4.69) is 30.8 Å². The fraction of sp³-hybridized carbons (Fsp3) is 0.491. The van der Waals surface area contributed by atoms with Gasteiger partial charge >= 0.3 is 6.18 Å². The zero-order chi connectivity index (χ0) is 54.5. The van der Waals surface area contributed by atoms with Crippen LogP contribution in [0.3, 0.4) is 0 Å². The Bertz CT molecular complexity index is 2840. The number of amides is 5. The number of carbonyl (C=O) groups is 5. The molecule has 5 atom stereocenters. The van der Waals surface area contributed by atoms with Gasteiger partial charge < -0.3 is 45.5 Å². The Morgan fingerprint density at radius 2 is 1.68 bits per heavy atom. The smallest absolute Gasteiger partial charge is 0.391 e. The van der Waals surface area contributed by atoms with Crippen LogP contribution < -0.4 is 26.4 Å². The fourth-order valence-electron chi connectivity index (χ4n) is 9.59. The van der Waals surface area contributed by atoms with Gasteiger partial charge in [0.1, 0.15) is 17.9 Å². The third-order valence-corrected chi connectivity index (χ3v) is 15.0. The van der Waals surface area contributed by atoms with Gasteiger partial charge in [0.05, 0.1) is 64.3 Å². The number of hydrogen-bond acceptors (Lipinski definition) is 12. The molecule has 2 fully saturated rings. The molecule has 17 nitrogen and oxygen atoms in total. The summed E-state index contributed by atoms with van der Waals surface area (Å²) >= 11 is 1.54. The van der Waals surface area contributed by atoms with Crippen LogP contribution in [0.5, 0.6) is 0 Å². The fourth-order valence-corrected chi connectivity index (χ4v) is 10.4. The molecular weight excluding hydrogens is 999 g/mol. The molecule has 404 valence electrons. The van der Waals surface area contributed by atoms with Crippen LogP contribution >= 0.6 is 11.3 Å². The molecule has 7 rings (SSSR count). The molecule has 75 heavy (non-hydrogen) atoms. The predicted octanol–water partition coefficient (Wildman–Crippen LogP) is 5.97. The lowest BCUT2D eigenvalue weighted by atomic mass is 9.85. The zero-order valence-electron chi connectivity index (χ0n) is 43.1. The quantitative estimate of drug-likeness (QED) is 0.0653. The van der Waals surface area contributed by atoms with E-state index in [1.807, 2.05) is 57.0 Å². The number of aliphatic hydroxyl groups is 1. The van der Waals surface area contributed by atoms with Crippen molar-refractivity contribution >= 4 is 57.8 Å². The standard InChI is InChI=1S/C53H65F4N9O8S/c1-30-26-65(27-31(2)63(30)7)42-23-40(54)37(21-41(42)61-49(71)38-25-58-45(69)22-39(38)53(55,56)57)34-12-16-64(17-13-34)46(70)15-19-74-18-14-44(68)62-48(52(4,5)6)51(73)66-28-36(67)20-43(66)50(72)59-24-33-8-10-35(11-9-33)47-32(3)60-29-75-47/h8-12,21-23,25,29-31,36,43,48,67H,13-20,24,26-28H2,1-7H3,(H,58,69)(H,59,72)(H,61,71)(H,62,68)/t30-,31+,36-,43+,48?/m1/s1. The second-order valence-corrected chi connectivity index (χ2v) is 21.4. The number of anilines is 2. The van der Waals surface area contributed by atoms with Gasteiger partial charge in [-0.05, 0) is 68.5 Å². The van der Waals surface area contributed by atoms with Crippen molar-refractivity contribution in [2.75, 3.05) is 63.2 Å². The number of likely N-dealkylation sites (tertiary alicyclic amines) is 1. The van der Waals surface area contributed by atoms with Gasteiger partial charge in [0.25, 0.3) is 5.91 Å². The predicted molar refractivity (Wildman–Crippen MR) is 276 cm³/mol. The van der Waals surface area contributed by atoms with Gasteiger partial charge in [-0.1, -0.05) is 51.1 Å². The van der Waals surface area contributed by atoms with Crippen molar-refractivity contribution in [2.45, 2.75) is 110 Å². The number of ether oxygens (including phenoxy) is 1. The summed E-state index contributed by atoms with van der Waals surface area (Å²) < 4.78 is 63.8. The normalized spacial score (nSPS) is 19.9. The molecule has 4 aromatic rings. The number of alkyl halides is 3. The first-order valence-corrected chi connectivity index (χ1v) is 25.8. The van der Waals surface area contributed by atoms with E-state index < -0.39 is 75.9 Å². The molecular formula is C53H65F4N9O8S. The maximum Gasteiger partial charge on any atom is 0.417 e. The van der Waals surface area contributed by atoms with E-state index in [4.69, 9.17) is 4.74 Å². The number of rotatable bonds is 16. The van der Waals surface area contributed by atoms with Gasteiger partial charge in [-0.3, -0.25) is 33.7 Å². The number of benzene rings is 2. The molecule has 0 spiro atoms. The van der Waals surface area contributed by atoms with E-state index >= 15 is 4.39 Å². The van der Waals surface area contributed by atoms with E-state index in [-0.39, 0.29) is 100 Å². The number of hydrogen-bond donors (Lipinski definition) is 5. The molecule has 5 amide bonds. The number of halogens is 4. The highest BCUT2D eigenvalue weighted by Gasteiger charge is 2.45. The molecule has 5 N–H and O–H groups in total. The lowest BCUT2D eigenvalue weighted by Gasteiger charge is -2.44. The highest BCUT2D eigenvalue weighted by atomic mass is 32.1. The van der Waals surface area contributed by atoms with Crippen LogP contribution in [-0.2, 0) is 36.6 Å². The van der Waals surface area contributed by atoms with Gasteiger partial charge in [0.15, 0.2) is 0 Å². The Hall–Kier alpha value is -6.49. The molecule has 5 heterocycles. The molecule has 3 aliphatic heterocycles. The number of thiazole rings is 1. The van der Waals surface area contributed by atoms with Crippen molar-refractivity contribution in [1.82, 2.24) is 35.3 Å². The van der Waals surface area contributed by atoms with Crippen LogP contribution in [0.1, 0.15) is 93.0 Å². The number of aromatic amines is 1. The first-order chi connectivity index (χ1) is 35.4. The summed E-state index contributed by atoms with van der Waals surface area (Å²) in [5.74, 6) is -3.45. The number of nitrogens with zero attached hydrogens (tertiary/aromatic N) is 5. The Morgan fingerprint density at radius 3 is 2.31 bits per heavy atom. The molecule has 22 heteroatoms. The highest BCUT2D eigenvalue weighted by Crippen LogP contribution is 2.38. The summed E-state index contributed by atoms with van der Waals surface area (Å²) in [6.07, 6.45) is -3.47. The Morgan fingerprint density at radius 1 is 0.987 bits per heavy atom. The molecule has 1 unspecified atom stereocenters. The van der Waals surface area contributed by atoms with Crippen molar-refractivity contribution < 1.29 is 51.4 Å². The van der Waals surface area contributed by atoms with Crippen LogP contribution in [0.15, 0.2) is 65.0 Å². The van der Waals surface area contributed by atoms with E-state index in [9.17, 15) is 47.0 Å². The molecule has 0 saturated carbocycles. The maximum atomic E-state index is 16.2. The molecule has 3 aliphatic rings. The van der Waals surface area contributed by atoms with E-state index in [0.29, 0.717) is 30.9 Å². The summed E-state index contributed by atoms with van der Waals surface area (Å²) in [7, 11) is 1.96. The van der Waals surface area contributed by atoms with E-state index in [1.54, 1.807) is 48.6 Å². The minimum absolute atomic E-state index is 0.0180. The average Bonchev–Trinajstić information content (AvgIpc) is 3.98. The lowest BCUT2D eigenvalue weighted by Crippen LogP contribution is -2.57. The second-order valence-electron chi connectivity index (χ2n) is 20.6. The summed E-state index contributed by atoms with van der Waals surface area (Å²) in [4.78, 5) is 93.8. The average molecular weight is 1060 g/mol. The summed E-state index contributed by atoms with van der Waals surface area (Å²) in [6, 6.07) is 8.75. The molecule has 2 saturated heterocycles. The number of aromatic nitrogens is 2. The van der Waals surface area contributed by atoms with E-state index in [1.165, 1.54) is 17.0 Å². The number of aryl methyl sites for hydroxylation is 1. The Balaban J connectivity index is 0.913. The van der Waals surface area contributed by atoms with Gasteiger partial charge in [-0.2, -0.15) is 13.2 Å². The Kier molecular flexibility index (Phi) is 17.7. The van der Waals surface area contributed by atoms with Crippen LogP contribution in [0.25, 0.3) is 16.0 Å². The minimum Gasteiger partial charge on any atom is -0.391 e. The number of pyridine rings is 1. The third kappa shape index (κ3) is 13.7. The van der Waals surface area contributed by atoms with Crippen molar-refractivity contribution in [3.05, 3.63) is 104 Å². The maximum absolute atomic E-state index is 16.2. The highest BCUT2D eigenvalue weighted by molar-refractivity contribution is 7.13. The number of piperazine rings is 1. The van der Waals surface area contributed by atoms with Crippen molar-refractivity contribution in [1.29, 1.82) is 0 Å².